The summed E-state index contributed by atoms with van der Waals surface area (Å²) >= 11 is 4.47. The number of amides is 1. The fourth-order valence-electron chi connectivity index (χ4n) is 5.97. The Hall–Kier alpha value is -3.27. The van der Waals surface area contributed by atoms with Crippen LogP contribution in [-0.4, -0.2) is 34.6 Å². The van der Waals surface area contributed by atoms with Crippen molar-refractivity contribution >= 4 is 48.6 Å². The Morgan fingerprint density at radius 2 is 1.18 bits per heavy atom. The maximum absolute atomic E-state index is 14.9. The second kappa shape index (κ2) is 11.0. The molecule has 4 nitrogen and oxygen atoms in total. The molecule has 6 heteroatoms. The minimum atomic E-state index is -3.59. The second-order valence-corrected chi connectivity index (χ2v) is 20.0. The molecule has 0 aromatic heterocycles. The van der Waals surface area contributed by atoms with Crippen LogP contribution in [0.25, 0.3) is 0 Å². The van der Waals surface area contributed by atoms with Gasteiger partial charge >= 0.3 is 246 Å². The summed E-state index contributed by atoms with van der Waals surface area (Å²) in [6, 6.07) is 39.7. The molecule has 0 spiro atoms. The number of benzene rings is 4. The van der Waals surface area contributed by atoms with Crippen molar-refractivity contribution in [3.8, 4) is 0 Å². The van der Waals surface area contributed by atoms with Crippen LogP contribution in [0.3, 0.4) is 0 Å². The number of likely N-dealkylation sites (tertiary alicyclic amines) is 1. The molecule has 1 aliphatic rings. The number of carbonyl (C=O) groups is 2. The van der Waals surface area contributed by atoms with Gasteiger partial charge in [-0.05, 0) is 0 Å². The Labute approximate surface area is 245 Å². The van der Waals surface area contributed by atoms with Crippen LogP contribution < -0.4 is 15.9 Å². The molecule has 1 aliphatic heterocycles. The first-order valence-electron chi connectivity index (χ1n) is 13.6. The van der Waals surface area contributed by atoms with Crippen LogP contribution in [0.5, 0.6) is 0 Å². The Balaban J connectivity index is 1.72. The summed E-state index contributed by atoms with van der Waals surface area (Å²) in [4.78, 5) is 30.3. The molecule has 1 fully saturated rings. The first kappa shape index (κ1) is 28.3. The fraction of sp³-hybridized carbons (Fsp3) is 0.235. The average Bonchev–Trinajstić information content (AvgIpc) is 3.35. The van der Waals surface area contributed by atoms with Gasteiger partial charge in [-0.15, -0.1) is 0 Å². The Bertz CT molecular complexity index is 1370. The number of hydrogen-bond acceptors (Lipinski definition) is 3. The van der Waals surface area contributed by atoms with Crippen LogP contribution in [-0.2, 0) is 14.3 Å². The molecule has 206 valence electrons. The third kappa shape index (κ3) is 4.80. The summed E-state index contributed by atoms with van der Waals surface area (Å²) in [6.45, 7) is 6.00. The quantitative estimate of drug-likeness (QED) is 0.176. The zero-order valence-electron chi connectivity index (χ0n) is 23.1. The number of nitrogens with zero attached hydrogens (tertiary/aromatic N) is 1. The SMILES string of the molecule is CC(C)(C)OC(=O)C(c1ccccc1)N1CCC(P(Br)(c2ccccc2)(c2ccccc2)c2ccccc2)C1=O. The summed E-state index contributed by atoms with van der Waals surface area (Å²) in [5.41, 5.74) is -0.356. The first-order valence-corrected chi connectivity index (χ1v) is 18.0. The number of halogens is 1. The van der Waals surface area contributed by atoms with Crippen LogP contribution in [0.15, 0.2) is 121 Å². The van der Waals surface area contributed by atoms with E-state index in [0.717, 1.165) is 21.5 Å². The van der Waals surface area contributed by atoms with Crippen molar-refractivity contribution in [2.75, 3.05) is 6.54 Å². The molecule has 0 N–H and O–H groups in total. The maximum atomic E-state index is 14.9. The molecule has 0 aliphatic carbocycles. The summed E-state index contributed by atoms with van der Waals surface area (Å²) in [5.74, 6) is -0.465. The molecule has 40 heavy (non-hydrogen) atoms. The first-order chi connectivity index (χ1) is 19.1. The van der Waals surface area contributed by atoms with Crippen molar-refractivity contribution in [1.29, 1.82) is 0 Å². The predicted octanol–water partition coefficient (Wildman–Crippen LogP) is 6.51. The van der Waals surface area contributed by atoms with Crippen molar-refractivity contribution in [3.05, 3.63) is 127 Å². The number of rotatable bonds is 7. The second-order valence-electron chi connectivity index (χ2n) is 11.3. The Kier molecular flexibility index (Phi) is 7.74. The van der Waals surface area contributed by atoms with E-state index in [1.807, 2.05) is 106 Å². The van der Waals surface area contributed by atoms with Crippen molar-refractivity contribution < 1.29 is 14.3 Å². The van der Waals surface area contributed by atoms with Crippen molar-refractivity contribution in [1.82, 2.24) is 4.90 Å². The van der Waals surface area contributed by atoms with E-state index in [0.29, 0.717) is 13.0 Å². The van der Waals surface area contributed by atoms with E-state index < -0.39 is 28.6 Å². The molecule has 0 radical (unpaired) electrons. The number of ether oxygens (including phenoxy) is 1. The van der Waals surface area contributed by atoms with Gasteiger partial charge in [-0.1, -0.05) is 0 Å². The van der Waals surface area contributed by atoms with Crippen LogP contribution in [0.1, 0.15) is 38.8 Å². The van der Waals surface area contributed by atoms with E-state index in [1.165, 1.54) is 0 Å². The third-order valence-electron chi connectivity index (χ3n) is 7.64. The molecule has 4 aromatic carbocycles. The van der Waals surface area contributed by atoms with Gasteiger partial charge in [0.15, 0.2) is 0 Å². The molecule has 5 rings (SSSR count). The molecule has 0 bridgehead atoms. The van der Waals surface area contributed by atoms with Gasteiger partial charge in [0.05, 0.1) is 0 Å². The minimum absolute atomic E-state index is 0.0502. The van der Waals surface area contributed by atoms with Gasteiger partial charge in [0, 0.05) is 0 Å². The van der Waals surface area contributed by atoms with E-state index in [-0.39, 0.29) is 5.91 Å². The number of esters is 1. The van der Waals surface area contributed by atoms with Gasteiger partial charge in [0.1, 0.15) is 0 Å². The van der Waals surface area contributed by atoms with Gasteiger partial charge in [-0.25, -0.2) is 0 Å². The van der Waals surface area contributed by atoms with E-state index in [1.54, 1.807) is 4.90 Å². The van der Waals surface area contributed by atoms with Gasteiger partial charge in [-0.3, -0.25) is 0 Å². The molecule has 1 heterocycles. The average molecular weight is 617 g/mol. The molecule has 2 atom stereocenters. The number of hydrogen-bond donors (Lipinski definition) is 0. The van der Waals surface area contributed by atoms with Crippen LogP contribution in [0.4, 0.5) is 0 Å². The molecule has 1 amide bonds. The monoisotopic (exact) mass is 615 g/mol. The predicted molar refractivity (Wildman–Crippen MR) is 169 cm³/mol. The van der Waals surface area contributed by atoms with Crippen LogP contribution >= 0.6 is 20.8 Å². The molecule has 4 aromatic rings. The topological polar surface area (TPSA) is 46.6 Å². The fourth-order valence-corrected chi connectivity index (χ4v) is 14.6. The van der Waals surface area contributed by atoms with Crippen molar-refractivity contribution in [2.45, 2.75) is 44.5 Å². The molecular formula is C34H35BrNO3P. The zero-order chi connectivity index (χ0) is 28.4. The molecule has 1 saturated heterocycles. The van der Waals surface area contributed by atoms with E-state index in [9.17, 15) is 9.59 Å². The van der Waals surface area contributed by atoms with Gasteiger partial charge < -0.3 is 0 Å². The summed E-state index contributed by atoms with van der Waals surface area (Å²) < 4.78 is 5.88. The zero-order valence-corrected chi connectivity index (χ0v) is 25.6. The normalized spacial score (nSPS) is 17.6. The molecule has 2 unspecified atom stereocenters. The van der Waals surface area contributed by atoms with E-state index >= 15 is 0 Å². The summed E-state index contributed by atoms with van der Waals surface area (Å²) in [7, 11) is 0. The standard InChI is InChI=1S/C34H35BrNO3P/c1-34(2,3)39-33(38)31(26-16-8-4-9-17-26)36-25-24-30(32(36)37)40(35,27-18-10-5-11-19-27,28-20-12-6-13-21-28)29-22-14-7-15-23-29/h4-23,30-31H,24-25H2,1-3H3. The van der Waals surface area contributed by atoms with Gasteiger partial charge in [-0.2, -0.15) is 0 Å². The van der Waals surface area contributed by atoms with Crippen LogP contribution in [0.2, 0.25) is 0 Å². The Morgan fingerprint density at radius 1 is 0.775 bits per heavy atom. The summed E-state index contributed by atoms with van der Waals surface area (Å²) in [6.07, 6.45) is 0.590. The number of carbonyl (C=O) groups excluding carboxylic acids is 2. The molecule has 0 saturated carbocycles. The van der Waals surface area contributed by atoms with Crippen LogP contribution in [0, 0.1) is 0 Å². The molecular weight excluding hydrogens is 581 g/mol. The van der Waals surface area contributed by atoms with Crippen molar-refractivity contribution in [3.63, 3.8) is 0 Å². The van der Waals surface area contributed by atoms with Crippen molar-refractivity contribution in [2.24, 2.45) is 0 Å². The van der Waals surface area contributed by atoms with Gasteiger partial charge in [0.2, 0.25) is 0 Å². The summed E-state index contributed by atoms with van der Waals surface area (Å²) in [5, 5.41) is -0.337. The Morgan fingerprint density at radius 3 is 1.57 bits per heavy atom. The van der Waals surface area contributed by atoms with Gasteiger partial charge in [0.25, 0.3) is 0 Å². The third-order valence-corrected chi connectivity index (χ3v) is 18.4. The van der Waals surface area contributed by atoms with E-state index in [2.05, 4.69) is 51.9 Å². The van der Waals surface area contributed by atoms with E-state index in [4.69, 9.17) is 4.74 Å².